The van der Waals surface area contributed by atoms with Crippen molar-refractivity contribution in [2.45, 2.75) is 86.0 Å². The minimum absolute atomic E-state index is 0.307. The van der Waals surface area contributed by atoms with Crippen LogP contribution in [0.15, 0.2) is 34.4 Å². The van der Waals surface area contributed by atoms with Crippen LogP contribution < -0.4 is 0 Å². The van der Waals surface area contributed by atoms with Crippen LogP contribution in [0.5, 0.6) is 0 Å². The lowest BCUT2D eigenvalue weighted by atomic mass is 9.59. The summed E-state index contributed by atoms with van der Waals surface area (Å²) in [6.07, 6.45) is 2.66. The number of ketones is 1. The maximum absolute atomic E-state index is 13.1. The normalized spacial score (nSPS) is 32.4. The highest BCUT2D eigenvalue weighted by Crippen LogP contribution is 2.51. The molecule has 0 radical (unpaired) electrons. The summed E-state index contributed by atoms with van der Waals surface area (Å²) in [5.41, 5.74) is 2.17. The summed E-state index contributed by atoms with van der Waals surface area (Å²) in [4.78, 5) is 50.3. The fourth-order valence-electron chi connectivity index (χ4n) is 5.22. The first-order chi connectivity index (χ1) is 15.4. The molecule has 3 rings (SSSR count). The lowest BCUT2D eigenvalue weighted by Gasteiger charge is -2.49. The molecule has 0 aromatic carbocycles. The van der Waals surface area contributed by atoms with Crippen molar-refractivity contribution in [2.75, 3.05) is 0 Å². The van der Waals surface area contributed by atoms with Crippen molar-refractivity contribution in [3.63, 3.8) is 0 Å². The molecular weight excluding hydrogens is 424 g/mol. The molecule has 0 spiro atoms. The second-order valence-corrected chi connectivity index (χ2v) is 10.0. The van der Waals surface area contributed by atoms with Crippen molar-refractivity contribution >= 4 is 23.7 Å². The van der Waals surface area contributed by atoms with Gasteiger partial charge in [-0.25, -0.2) is 4.79 Å². The van der Waals surface area contributed by atoms with E-state index in [0.717, 1.165) is 16.7 Å². The Kier molecular flexibility index (Phi) is 7.01. The Morgan fingerprint density at radius 2 is 1.82 bits per heavy atom. The van der Waals surface area contributed by atoms with Gasteiger partial charge in [0.2, 0.25) is 0 Å². The predicted molar refractivity (Wildman–Crippen MR) is 121 cm³/mol. The fourth-order valence-corrected chi connectivity index (χ4v) is 5.22. The Labute approximate surface area is 195 Å². The van der Waals surface area contributed by atoms with Gasteiger partial charge in [0.25, 0.3) is 0 Å². The summed E-state index contributed by atoms with van der Waals surface area (Å²) in [7, 11) is 0. The van der Waals surface area contributed by atoms with Gasteiger partial charge < -0.3 is 14.2 Å². The second kappa shape index (κ2) is 9.27. The number of fused-ring (bicyclic) bond motifs is 2. The standard InChI is InChI=1S/C26H34O7/c1-13(2)24(29)33-22-9-8-14(3)10-21-18(16(5)25(30)32-21)12-19-15(4)11-20(28)23(26(19,22)7)31-17(6)27/h10-11,13,19,21-23H,8-9,12H2,1-7H3. The molecule has 0 N–H and O–H groups in total. The number of carbonyl (C=O) groups is 4. The third-order valence-electron chi connectivity index (χ3n) is 7.23. The van der Waals surface area contributed by atoms with Gasteiger partial charge in [-0.1, -0.05) is 31.9 Å². The first-order valence-electron chi connectivity index (χ1n) is 11.5. The number of carbonyl (C=O) groups excluding carboxylic acids is 4. The zero-order valence-electron chi connectivity index (χ0n) is 20.5. The van der Waals surface area contributed by atoms with Crippen molar-refractivity contribution < 1.29 is 33.4 Å². The van der Waals surface area contributed by atoms with Crippen LogP contribution in [-0.4, -0.2) is 42.0 Å². The minimum atomic E-state index is -1.10. The monoisotopic (exact) mass is 458 g/mol. The SMILES string of the molecule is CC(=O)OC1C(=O)C=C(C)C2CC3=C(C)C(=O)OC3C=C(C)CCC(OC(=O)C(C)C)C21C. The molecule has 180 valence electrons. The Morgan fingerprint density at radius 3 is 2.42 bits per heavy atom. The zero-order valence-corrected chi connectivity index (χ0v) is 20.5. The molecule has 0 saturated carbocycles. The Morgan fingerprint density at radius 1 is 1.15 bits per heavy atom. The topological polar surface area (TPSA) is 96.0 Å². The van der Waals surface area contributed by atoms with Crippen molar-refractivity contribution in [1.82, 2.24) is 0 Å². The third-order valence-corrected chi connectivity index (χ3v) is 7.23. The van der Waals surface area contributed by atoms with E-state index in [9.17, 15) is 19.2 Å². The molecule has 7 nitrogen and oxygen atoms in total. The van der Waals surface area contributed by atoms with Crippen LogP contribution in [0.4, 0.5) is 0 Å². The molecule has 1 aliphatic heterocycles. The summed E-state index contributed by atoms with van der Waals surface area (Å²) in [6, 6.07) is 0. The summed E-state index contributed by atoms with van der Waals surface area (Å²) in [6.45, 7) is 12.2. The van der Waals surface area contributed by atoms with Gasteiger partial charge in [-0.3, -0.25) is 14.4 Å². The largest absolute Gasteiger partial charge is 0.461 e. The zero-order chi connectivity index (χ0) is 24.7. The molecule has 0 aromatic heterocycles. The van der Waals surface area contributed by atoms with E-state index in [2.05, 4.69) is 0 Å². The van der Waals surface area contributed by atoms with Gasteiger partial charge >= 0.3 is 17.9 Å². The molecule has 0 amide bonds. The van der Waals surface area contributed by atoms with Crippen molar-refractivity contribution in [3.8, 4) is 0 Å². The summed E-state index contributed by atoms with van der Waals surface area (Å²) in [5.74, 6) is -2.27. The Bertz CT molecular complexity index is 967. The predicted octanol–water partition coefficient (Wildman–Crippen LogP) is 4.01. The highest BCUT2D eigenvalue weighted by atomic mass is 16.6. The van der Waals surface area contributed by atoms with Crippen LogP contribution in [-0.2, 0) is 33.4 Å². The van der Waals surface area contributed by atoms with Gasteiger partial charge in [-0.15, -0.1) is 0 Å². The molecule has 0 saturated heterocycles. The Balaban J connectivity index is 2.21. The molecule has 3 aliphatic rings. The summed E-state index contributed by atoms with van der Waals surface area (Å²) in [5, 5.41) is 0. The van der Waals surface area contributed by atoms with E-state index < -0.39 is 29.7 Å². The van der Waals surface area contributed by atoms with Crippen LogP contribution in [0, 0.1) is 17.3 Å². The first-order valence-corrected chi connectivity index (χ1v) is 11.5. The lowest BCUT2D eigenvalue weighted by molar-refractivity contribution is -0.185. The minimum Gasteiger partial charge on any atom is -0.461 e. The summed E-state index contributed by atoms with van der Waals surface area (Å²) >= 11 is 0. The molecule has 0 bridgehead atoms. The second-order valence-electron chi connectivity index (χ2n) is 10.0. The molecule has 7 heteroatoms. The fraction of sp³-hybridized carbons (Fsp3) is 0.615. The number of hydrogen-bond donors (Lipinski definition) is 0. The van der Waals surface area contributed by atoms with E-state index in [1.807, 2.05) is 26.8 Å². The van der Waals surface area contributed by atoms with Gasteiger partial charge in [-0.2, -0.15) is 0 Å². The average molecular weight is 459 g/mol. The van der Waals surface area contributed by atoms with E-state index in [1.54, 1.807) is 20.8 Å². The van der Waals surface area contributed by atoms with Crippen LogP contribution in [0.3, 0.4) is 0 Å². The number of rotatable bonds is 3. The van der Waals surface area contributed by atoms with E-state index in [4.69, 9.17) is 14.2 Å². The van der Waals surface area contributed by atoms with Gasteiger partial charge in [-0.05, 0) is 63.7 Å². The highest BCUT2D eigenvalue weighted by Gasteiger charge is 2.57. The first kappa shape index (κ1) is 24.9. The highest BCUT2D eigenvalue weighted by molar-refractivity contribution is 5.97. The van der Waals surface area contributed by atoms with Crippen molar-refractivity contribution in [3.05, 3.63) is 34.4 Å². The van der Waals surface area contributed by atoms with Crippen LogP contribution >= 0.6 is 0 Å². The number of esters is 3. The van der Waals surface area contributed by atoms with Crippen molar-refractivity contribution in [1.29, 1.82) is 0 Å². The van der Waals surface area contributed by atoms with E-state index in [0.29, 0.717) is 24.8 Å². The number of hydrogen-bond acceptors (Lipinski definition) is 7. The molecule has 5 unspecified atom stereocenters. The van der Waals surface area contributed by atoms with E-state index in [-0.39, 0.29) is 29.6 Å². The maximum atomic E-state index is 13.1. The van der Waals surface area contributed by atoms with Crippen LogP contribution in [0.2, 0.25) is 0 Å². The van der Waals surface area contributed by atoms with Gasteiger partial charge in [0.1, 0.15) is 12.2 Å². The number of ether oxygens (including phenoxy) is 3. The quantitative estimate of drug-likeness (QED) is 0.358. The lowest BCUT2D eigenvalue weighted by Crippen LogP contribution is -2.57. The average Bonchev–Trinajstić information content (AvgIpc) is 2.97. The molecule has 5 atom stereocenters. The molecular formula is C26H34O7. The van der Waals surface area contributed by atoms with Crippen LogP contribution in [0.25, 0.3) is 0 Å². The van der Waals surface area contributed by atoms with Gasteiger partial charge in [0.05, 0.1) is 11.3 Å². The molecule has 0 fully saturated rings. The van der Waals surface area contributed by atoms with E-state index in [1.165, 1.54) is 13.0 Å². The van der Waals surface area contributed by atoms with Crippen molar-refractivity contribution in [2.24, 2.45) is 17.3 Å². The third kappa shape index (κ3) is 4.68. The number of allylic oxidation sites excluding steroid dienone is 2. The smallest absolute Gasteiger partial charge is 0.334 e. The van der Waals surface area contributed by atoms with Crippen LogP contribution in [0.1, 0.15) is 67.7 Å². The van der Waals surface area contributed by atoms with Gasteiger partial charge in [0, 0.05) is 12.5 Å². The summed E-state index contributed by atoms with van der Waals surface area (Å²) < 4.78 is 17.2. The molecule has 1 heterocycles. The maximum Gasteiger partial charge on any atom is 0.334 e. The molecule has 0 aromatic rings. The molecule has 2 aliphatic carbocycles. The van der Waals surface area contributed by atoms with E-state index >= 15 is 0 Å². The molecule has 33 heavy (non-hydrogen) atoms. The van der Waals surface area contributed by atoms with Gasteiger partial charge in [0.15, 0.2) is 11.9 Å². The Hall–Kier alpha value is -2.70.